The Balaban J connectivity index is 1.99. The van der Waals surface area contributed by atoms with Gasteiger partial charge in [-0.2, -0.15) is 0 Å². The molecule has 2 heterocycles. The third kappa shape index (κ3) is 3.84. The topological polar surface area (TPSA) is 60.9 Å². The van der Waals surface area contributed by atoms with Crippen LogP contribution < -0.4 is 0 Å². The number of amides is 2. The second kappa shape index (κ2) is 7.25. The second-order valence-electron chi connectivity index (χ2n) is 4.78. The van der Waals surface area contributed by atoms with Crippen molar-refractivity contribution in [2.75, 3.05) is 26.2 Å². The Morgan fingerprint density at radius 2 is 2.00 bits per heavy atom. The Labute approximate surface area is 128 Å². The average molecular weight is 306 g/mol. The number of aliphatic hydroxyl groups excluding tert-OH is 1. The van der Waals surface area contributed by atoms with Crippen molar-refractivity contribution in [3.8, 4) is 11.8 Å². The molecule has 5 nitrogen and oxygen atoms in total. The van der Waals surface area contributed by atoms with Crippen LogP contribution >= 0.6 is 11.3 Å². The molecule has 6 heteroatoms. The molecule has 1 aliphatic rings. The number of thiophene rings is 1. The highest BCUT2D eigenvalue weighted by atomic mass is 32.1. The summed E-state index contributed by atoms with van der Waals surface area (Å²) in [6, 6.07) is 1.89. The van der Waals surface area contributed by atoms with Crippen molar-refractivity contribution in [2.24, 2.45) is 0 Å². The van der Waals surface area contributed by atoms with Crippen LogP contribution in [0.2, 0.25) is 0 Å². The van der Waals surface area contributed by atoms with E-state index in [-0.39, 0.29) is 6.61 Å². The number of aliphatic hydroxyl groups is 1. The quantitative estimate of drug-likeness (QED) is 0.657. The van der Waals surface area contributed by atoms with Crippen molar-refractivity contribution in [1.29, 1.82) is 0 Å². The van der Waals surface area contributed by atoms with Crippen LogP contribution in [0.4, 0.5) is 0 Å². The monoisotopic (exact) mass is 306 g/mol. The lowest BCUT2D eigenvalue weighted by Crippen LogP contribution is -2.53. The summed E-state index contributed by atoms with van der Waals surface area (Å²) >= 11 is 1.51. The maximum absolute atomic E-state index is 12.1. The lowest BCUT2D eigenvalue weighted by atomic mass is 10.2. The minimum absolute atomic E-state index is 0.169. The van der Waals surface area contributed by atoms with Crippen molar-refractivity contribution in [1.82, 2.24) is 9.80 Å². The molecule has 21 heavy (non-hydrogen) atoms. The Morgan fingerprint density at radius 3 is 2.71 bits per heavy atom. The first-order chi connectivity index (χ1) is 10.2. The molecule has 2 rings (SSSR count). The summed E-state index contributed by atoms with van der Waals surface area (Å²) in [5, 5.41) is 10.5. The standard InChI is InChI=1S/C15H18N2O3S/c1-2-5-16-6-7-17(15(20)14(16)19)10-13-9-12(11-21-13)4-3-8-18/h9,11,18H,2,5-8,10H2,1H3. The molecule has 1 aromatic heterocycles. The third-order valence-electron chi connectivity index (χ3n) is 3.20. The molecule has 0 aromatic carbocycles. The van der Waals surface area contributed by atoms with Gasteiger partial charge >= 0.3 is 11.8 Å². The normalized spacial score (nSPS) is 15.1. The lowest BCUT2D eigenvalue weighted by molar-refractivity contribution is -0.156. The van der Waals surface area contributed by atoms with Crippen LogP contribution in [0.15, 0.2) is 11.4 Å². The second-order valence-corrected chi connectivity index (χ2v) is 5.78. The molecule has 1 N–H and O–H groups in total. The maximum atomic E-state index is 12.1. The molecule has 0 bridgehead atoms. The molecule has 0 unspecified atom stereocenters. The number of piperazine rings is 1. The minimum atomic E-state index is -0.425. The highest BCUT2D eigenvalue weighted by molar-refractivity contribution is 7.10. The SMILES string of the molecule is CCCN1CCN(Cc2cc(C#CCO)cs2)C(=O)C1=O. The van der Waals surface area contributed by atoms with Crippen molar-refractivity contribution < 1.29 is 14.7 Å². The van der Waals surface area contributed by atoms with E-state index in [1.165, 1.54) is 11.3 Å². The summed E-state index contributed by atoms with van der Waals surface area (Å²) in [5.41, 5.74) is 0.826. The summed E-state index contributed by atoms with van der Waals surface area (Å²) in [6.45, 7) is 4.07. The summed E-state index contributed by atoms with van der Waals surface area (Å²) in [7, 11) is 0. The molecular weight excluding hydrogens is 288 g/mol. The molecule has 1 saturated heterocycles. The van der Waals surface area contributed by atoms with E-state index in [0.29, 0.717) is 26.2 Å². The Hall–Kier alpha value is -1.84. The number of carbonyl (C=O) groups excluding carboxylic acids is 2. The van der Waals surface area contributed by atoms with Crippen LogP contribution in [0, 0.1) is 11.8 Å². The van der Waals surface area contributed by atoms with Gasteiger partial charge in [-0.1, -0.05) is 18.8 Å². The molecule has 0 aliphatic carbocycles. The molecule has 0 atom stereocenters. The van der Waals surface area contributed by atoms with E-state index < -0.39 is 11.8 Å². The minimum Gasteiger partial charge on any atom is -0.384 e. The smallest absolute Gasteiger partial charge is 0.312 e. The predicted molar refractivity (Wildman–Crippen MR) is 80.6 cm³/mol. The van der Waals surface area contributed by atoms with E-state index >= 15 is 0 Å². The van der Waals surface area contributed by atoms with Crippen molar-refractivity contribution in [3.05, 3.63) is 21.9 Å². The van der Waals surface area contributed by atoms with E-state index in [1.54, 1.807) is 9.80 Å². The van der Waals surface area contributed by atoms with Gasteiger partial charge in [0.25, 0.3) is 0 Å². The van der Waals surface area contributed by atoms with Crippen molar-refractivity contribution in [3.63, 3.8) is 0 Å². The first kappa shape index (κ1) is 15.5. The lowest BCUT2D eigenvalue weighted by Gasteiger charge is -2.33. The molecule has 0 radical (unpaired) electrons. The summed E-state index contributed by atoms with van der Waals surface area (Å²) in [4.78, 5) is 28.2. The first-order valence-corrected chi connectivity index (χ1v) is 7.79. The maximum Gasteiger partial charge on any atom is 0.312 e. The molecular formula is C15H18N2O3S. The summed E-state index contributed by atoms with van der Waals surface area (Å²) < 4.78 is 0. The number of hydrogen-bond acceptors (Lipinski definition) is 4. The van der Waals surface area contributed by atoms with Gasteiger partial charge in [-0.3, -0.25) is 9.59 Å². The van der Waals surface area contributed by atoms with E-state index in [2.05, 4.69) is 11.8 Å². The molecule has 1 aromatic rings. The fraction of sp³-hybridized carbons (Fsp3) is 0.467. The van der Waals surface area contributed by atoms with Crippen molar-refractivity contribution >= 4 is 23.2 Å². The van der Waals surface area contributed by atoms with Crippen LogP contribution in [0.25, 0.3) is 0 Å². The van der Waals surface area contributed by atoms with Crippen LogP contribution in [-0.2, 0) is 16.1 Å². The van der Waals surface area contributed by atoms with Crippen LogP contribution in [-0.4, -0.2) is 53.0 Å². The Morgan fingerprint density at radius 1 is 1.29 bits per heavy atom. The van der Waals surface area contributed by atoms with Crippen molar-refractivity contribution in [2.45, 2.75) is 19.9 Å². The van der Waals surface area contributed by atoms with Gasteiger partial charge < -0.3 is 14.9 Å². The highest BCUT2D eigenvalue weighted by Gasteiger charge is 2.31. The number of nitrogens with zero attached hydrogens (tertiary/aromatic N) is 2. The largest absolute Gasteiger partial charge is 0.384 e. The van der Waals surface area contributed by atoms with E-state index in [0.717, 1.165) is 16.9 Å². The van der Waals surface area contributed by atoms with Gasteiger partial charge in [0.1, 0.15) is 6.61 Å². The van der Waals surface area contributed by atoms with Crippen LogP contribution in [0.5, 0.6) is 0 Å². The molecule has 112 valence electrons. The van der Waals surface area contributed by atoms with Gasteiger partial charge in [-0.05, 0) is 12.5 Å². The molecule has 0 saturated carbocycles. The molecule has 1 aliphatic heterocycles. The first-order valence-electron chi connectivity index (χ1n) is 6.91. The predicted octanol–water partition coefficient (Wildman–Crippen LogP) is 0.673. The highest BCUT2D eigenvalue weighted by Crippen LogP contribution is 2.18. The summed E-state index contributed by atoms with van der Waals surface area (Å²) in [5.74, 6) is 4.59. The number of hydrogen-bond donors (Lipinski definition) is 1. The molecule has 2 amide bonds. The third-order valence-corrected chi connectivity index (χ3v) is 4.12. The number of carbonyl (C=O) groups is 2. The van der Waals surface area contributed by atoms with E-state index in [1.807, 2.05) is 18.4 Å². The van der Waals surface area contributed by atoms with Gasteiger partial charge in [0.15, 0.2) is 0 Å². The van der Waals surface area contributed by atoms with E-state index in [4.69, 9.17) is 5.11 Å². The molecule has 0 spiro atoms. The summed E-state index contributed by atoms with van der Waals surface area (Å²) in [6.07, 6.45) is 0.858. The van der Waals surface area contributed by atoms with E-state index in [9.17, 15) is 9.59 Å². The van der Waals surface area contributed by atoms with Gasteiger partial charge in [0.2, 0.25) is 0 Å². The molecule has 1 fully saturated rings. The van der Waals surface area contributed by atoms with Gasteiger partial charge in [-0.15, -0.1) is 11.3 Å². The fourth-order valence-corrected chi connectivity index (χ4v) is 3.04. The Kier molecular flexibility index (Phi) is 5.37. The fourth-order valence-electron chi connectivity index (χ4n) is 2.21. The zero-order valence-corrected chi connectivity index (χ0v) is 12.8. The van der Waals surface area contributed by atoms with Gasteiger partial charge in [-0.25, -0.2) is 0 Å². The van der Waals surface area contributed by atoms with Crippen LogP contribution in [0.3, 0.4) is 0 Å². The zero-order valence-electron chi connectivity index (χ0n) is 12.0. The average Bonchev–Trinajstić information content (AvgIpc) is 2.92. The number of rotatable bonds is 4. The van der Waals surface area contributed by atoms with Gasteiger partial charge in [0, 0.05) is 35.5 Å². The van der Waals surface area contributed by atoms with Gasteiger partial charge in [0.05, 0.1) is 6.54 Å². The van der Waals surface area contributed by atoms with Crippen LogP contribution in [0.1, 0.15) is 23.8 Å². The Bertz CT molecular complexity index is 585. The zero-order chi connectivity index (χ0) is 15.2.